The average molecular weight is 216 g/mol. The molecule has 0 aliphatic rings. The van der Waals surface area contributed by atoms with Crippen molar-refractivity contribution in [2.24, 2.45) is 0 Å². The summed E-state index contributed by atoms with van der Waals surface area (Å²) in [4.78, 5) is 5.68. The molecule has 0 amide bonds. The van der Waals surface area contributed by atoms with E-state index in [1.54, 1.807) is 22.7 Å². The molecule has 0 unspecified atom stereocenters. The van der Waals surface area contributed by atoms with Gasteiger partial charge in [-0.15, -0.1) is 5.38 Å². The number of fused-ring (bicyclic) bond motifs is 1. The molecule has 0 atom stereocenters. The third kappa shape index (κ3) is 1.25. The summed E-state index contributed by atoms with van der Waals surface area (Å²) in [5.41, 5.74) is 1.08. The highest BCUT2D eigenvalue weighted by Gasteiger charge is 1.98. The summed E-state index contributed by atoms with van der Waals surface area (Å²) in [5.74, 6) is 0. The van der Waals surface area contributed by atoms with Crippen LogP contribution in [-0.2, 0) is 0 Å². The summed E-state index contributed by atoms with van der Waals surface area (Å²) in [5, 5.41) is 3.10. The van der Waals surface area contributed by atoms with Crippen LogP contribution in [0.3, 0.4) is 0 Å². The van der Waals surface area contributed by atoms with Crippen molar-refractivity contribution >= 4 is 32.9 Å². The zero-order valence-corrected chi connectivity index (χ0v) is 8.86. The summed E-state index contributed by atoms with van der Waals surface area (Å²) in [6.07, 6.45) is 0. The zero-order valence-electron chi connectivity index (χ0n) is 7.23. The van der Waals surface area contributed by atoms with Crippen molar-refractivity contribution in [2.45, 2.75) is 0 Å². The molecule has 3 rings (SSSR count). The van der Waals surface area contributed by atoms with E-state index < -0.39 is 0 Å². The van der Waals surface area contributed by atoms with Crippen LogP contribution in [0.25, 0.3) is 20.1 Å². The van der Waals surface area contributed by atoms with Gasteiger partial charge in [0.05, 0.1) is 5.52 Å². The van der Waals surface area contributed by atoms with Crippen LogP contribution in [0.2, 0.25) is 0 Å². The molecule has 14 heavy (non-hydrogen) atoms. The number of hydrogen-bond acceptors (Lipinski definition) is 3. The Morgan fingerprint density at radius 3 is 2.93 bits per heavy atom. The molecule has 3 heteroatoms. The molecule has 0 saturated heterocycles. The largest absolute Gasteiger partial charge is 0.299 e. The molecule has 0 saturated carbocycles. The molecule has 0 aliphatic carbocycles. The number of para-hydroxylation sites is 1. The lowest BCUT2D eigenvalue weighted by atomic mass is 10.3. The van der Waals surface area contributed by atoms with E-state index in [4.69, 9.17) is 0 Å². The van der Waals surface area contributed by atoms with Gasteiger partial charge in [0.2, 0.25) is 0 Å². The van der Waals surface area contributed by atoms with Gasteiger partial charge in [0.1, 0.15) is 0 Å². The van der Waals surface area contributed by atoms with E-state index in [1.807, 2.05) is 29.6 Å². The fourth-order valence-electron chi connectivity index (χ4n) is 1.33. The van der Waals surface area contributed by atoms with Crippen LogP contribution in [0.1, 0.15) is 0 Å². The van der Waals surface area contributed by atoms with Gasteiger partial charge >= 0.3 is 0 Å². The first kappa shape index (κ1) is 8.15. The van der Waals surface area contributed by atoms with Crippen molar-refractivity contribution in [1.82, 2.24) is 4.98 Å². The first-order chi connectivity index (χ1) is 6.93. The molecule has 1 aromatic carbocycles. The molecule has 2 heterocycles. The first-order valence-electron chi connectivity index (χ1n) is 4.24. The van der Waals surface area contributed by atoms with Crippen LogP contribution < -0.4 is 0 Å². The van der Waals surface area contributed by atoms with E-state index >= 15 is 0 Å². The van der Waals surface area contributed by atoms with Gasteiger partial charge in [0.25, 0.3) is 0 Å². The zero-order chi connectivity index (χ0) is 9.38. The smallest absolute Gasteiger partial charge is 0.0659 e. The van der Waals surface area contributed by atoms with Crippen LogP contribution in [0, 0.1) is 6.07 Å². The maximum Gasteiger partial charge on any atom is 0.0659 e. The van der Waals surface area contributed by atoms with Gasteiger partial charge in [-0.2, -0.15) is 23.5 Å². The predicted molar refractivity (Wildman–Crippen MR) is 61.8 cm³/mol. The standard InChI is InChI=1S/C11H6NS2/c1-2-5-9-8(4-1)12-11(14-9)10-6-3-7-13-10/h1-5,7H/q-1. The third-order valence-electron chi connectivity index (χ3n) is 1.96. The highest BCUT2D eigenvalue weighted by Crippen LogP contribution is 2.31. The molecule has 1 nitrogen and oxygen atoms in total. The SMILES string of the molecule is [c-]1ccsc1-c1nc2ccccc2s1. The molecule has 3 aromatic rings. The molecule has 0 spiro atoms. The van der Waals surface area contributed by atoms with Crippen molar-refractivity contribution in [1.29, 1.82) is 0 Å². The fraction of sp³-hybridized carbons (Fsp3) is 0. The van der Waals surface area contributed by atoms with Crippen LogP contribution >= 0.6 is 22.7 Å². The fourth-order valence-corrected chi connectivity index (χ4v) is 3.02. The van der Waals surface area contributed by atoms with E-state index in [1.165, 1.54) is 4.70 Å². The second kappa shape index (κ2) is 3.19. The number of thiazole rings is 1. The summed E-state index contributed by atoms with van der Waals surface area (Å²) < 4.78 is 1.24. The predicted octanol–water partition coefficient (Wildman–Crippen LogP) is 3.82. The summed E-state index contributed by atoms with van der Waals surface area (Å²) in [6.45, 7) is 0. The number of thiophene rings is 1. The number of aromatic nitrogens is 1. The topological polar surface area (TPSA) is 12.9 Å². The Kier molecular flexibility index (Phi) is 1.85. The summed E-state index contributed by atoms with van der Waals surface area (Å²) in [6, 6.07) is 13.3. The van der Waals surface area contributed by atoms with E-state index in [0.717, 1.165) is 15.4 Å². The minimum atomic E-state index is 1.07. The molecular formula is C11H6NS2-. The van der Waals surface area contributed by atoms with Gasteiger partial charge in [-0.3, -0.25) is 4.98 Å². The summed E-state index contributed by atoms with van der Waals surface area (Å²) in [7, 11) is 0. The molecule has 68 valence electrons. The van der Waals surface area contributed by atoms with E-state index in [-0.39, 0.29) is 0 Å². The summed E-state index contributed by atoms with van der Waals surface area (Å²) >= 11 is 3.41. The number of hydrogen-bond donors (Lipinski definition) is 0. The van der Waals surface area contributed by atoms with Crippen molar-refractivity contribution in [3.8, 4) is 9.88 Å². The molecular weight excluding hydrogens is 210 g/mol. The van der Waals surface area contributed by atoms with Crippen molar-refractivity contribution in [2.75, 3.05) is 0 Å². The van der Waals surface area contributed by atoms with E-state index in [9.17, 15) is 0 Å². The Hall–Kier alpha value is -1.19. The molecule has 0 bridgehead atoms. The minimum Gasteiger partial charge on any atom is -0.299 e. The van der Waals surface area contributed by atoms with E-state index in [0.29, 0.717) is 0 Å². The normalized spacial score (nSPS) is 10.9. The van der Waals surface area contributed by atoms with E-state index in [2.05, 4.69) is 17.1 Å². The van der Waals surface area contributed by atoms with Crippen molar-refractivity contribution in [3.05, 3.63) is 41.8 Å². The van der Waals surface area contributed by atoms with Gasteiger partial charge in [-0.1, -0.05) is 17.0 Å². The van der Waals surface area contributed by atoms with Crippen LogP contribution in [-0.4, -0.2) is 4.98 Å². The maximum absolute atomic E-state index is 4.55. The minimum absolute atomic E-state index is 1.07. The lowest BCUT2D eigenvalue weighted by Crippen LogP contribution is -1.67. The Morgan fingerprint density at radius 1 is 1.21 bits per heavy atom. The quantitative estimate of drug-likeness (QED) is 0.563. The Labute approximate surface area is 89.7 Å². The molecule has 0 radical (unpaired) electrons. The average Bonchev–Trinajstić information content (AvgIpc) is 2.86. The monoisotopic (exact) mass is 216 g/mol. The molecule has 0 aliphatic heterocycles. The van der Waals surface area contributed by atoms with Crippen LogP contribution in [0.4, 0.5) is 0 Å². The van der Waals surface area contributed by atoms with Gasteiger partial charge < -0.3 is 0 Å². The van der Waals surface area contributed by atoms with Gasteiger partial charge in [-0.05, 0) is 12.1 Å². The van der Waals surface area contributed by atoms with Gasteiger partial charge in [0.15, 0.2) is 0 Å². The molecule has 2 aromatic heterocycles. The second-order valence-electron chi connectivity index (χ2n) is 2.88. The number of nitrogens with zero attached hydrogens (tertiary/aromatic N) is 1. The Morgan fingerprint density at radius 2 is 2.14 bits per heavy atom. The van der Waals surface area contributed by atoms with Crippen molar-refractivity contribution < 1.29 is 0 Å². The third-order valence-corrected chi connectivity index (χ3v) is 3.96. The second-order valence-corrected chi connectivity index (χ2v) is 4.83. The highest BCUT2D eigenvalue weighted by atomic mass is 32.1. The van der Waals surface area contributed by atoms with Gasteiger partial charge in [-0.25, -0.2) is 11.3 Å². The lowest BCUT2D eigenvalue weighted by molar-refractivity contribution is 1.50. The lowest BCUT2D eigenvalue weighted by Gasteiger charge is -1.94. The van der Waals surface area contributed by atoms with Crippen LogP contribution in [0.15, 0.2) is 35.7 Å². The Balaban J connectivity index is 2.24. The van der Waals surface area contributed by atoms with Gasteiger partial charge in [0, 0.05) is 9.71 Å². The number of benzene rings is 1. The highest BCUT2D eigenvalue weighted by molar-refractivity contribution is 7.25. The first-order valence-corrected chi connectivity index (χ1v) is 5.94. The Bertz CT molecular complexity index is 518. The van der Waals surface area contributed by atoms with Crippen LogP contribution in [0.5, 0.6) is 0 Å². The van der Waals surface area contributed by atoms with Crippen molar-refractivity contribution in [3.63, 3.8) is 0 Å². The number of rotatable bonds is 1. The molecule has 0 N–H and O–H groups in total. The maximum atomic E-state index is 4.55. The molecule has 0 fully saturated rings.